The number of benzene rings is 1. The van der Waals surface area contributed by atoms with Crippen molar-refractivity contribution in [2.75, 3.05) is 0 Å². The number of rotatable bonds is 1. The average Bonchev–Trinajstić information content (AvgIpc) is 3.23. The molecule has 1 atom stereocenters. The molecule has 0 radical (unpaired) electrons. The highest BCUT2D eigenvalue weighted by molar-refractivity contribution is 6.26. The van der Waals surface area contributed by atoms with Crippen LogP contribution in [-0.4, -0.2) is 35.3 Å². The Morgan fingerprint density at radius 2 is 2.12 bits per heavy atom. The molecule has 1 N–H and O–H groups in total. The Balaban J connectivity index is 1.77. The number of carboxylic acids is 1. The fourth-order valence-electron chi connectivity index (χ4n) is 2.57. The van der Waals surface area contributed by atoms with E-state index in [0.29, 0.717) is 11.5 Å². The van der Waals surface area contributed by atoms with Crippen molar-refractivity contribution in [2.45, 2.75) is 6.10 Å². The second-order valence-electron chi connectivity index (χ2n) is 5.53. The summed E-state index contributed by atoms with van der Waals surface area (Å²) in [7, 11) is 0. The Morgan fingerprint density at radius 1 is 1.19 bits per heavy atom. The van der Waals surface area contributed by atoms with E-state index in [2.05, 4.69) is 15.0 Å². The molecular weight excluding hydrogens is 334 g/mol. The number of hydrogen-bond donors (Lipinski definition) is 1. The van der Waals surface area contributed by atoms with E-state index >= 15 is 0 Å². The number of aliphatic imine (C=N–C) groups is 3. The molecule has 0 aliphatic carbocycles. The molecule has 3 aliphatic heterocycles. The van der Waals surface area contributed by atoms with E-state index in [9.17, 15) is 9.90 Å². The van der Waals surface area contributed by atoms with Crippen LogP contribution in [0.3, 0.4) is 0 Å². The lowest BCUT2D eigenvalue weighted by atomic mass is 10.0. The molecule has 3 heterocycles. The maximum atomic E-state index is 11.2. The molecule has 7 nitrogen and oxygen atoms in total. The van der Waals surface area contributed by atoms with Gasteiger partial charge in [0.1, 0.15) is 18.3 Å². The van der Waals surface area contributed by atoms with Gasteiger partial charge in [0, 0.05) is 35.3 Å². The smallest absolute Gasteiger partial charge is 0.350 e. The van der Waals surface area contributed by atoms with E-state index in [0.717, 1.165) is 22.4 Å². The number of aliphatic carboxylic acids is 1. The zero-order valence-corrected chi connectivity index (χ0v) is 13.4. The standard InChI is InChI=1S/C19H13N3O4/c23-19(24)18-11-20-9-12-3-4-21-17(12)7-13-10-22-16-2-1-14(8-15(13)16)25-5-6-26-18/h1-11,18H,(H,23,24). The second kappa shape index (κ2) is 6.64. The lowest BCUT2D eigenvalue weighted by molar-refractivity contribution is -0.143. The Morgan fingerprint density at radius 3 is 3.00 bits per heavy atom. The molecule has 7 heteroatoms. The number of allylic oxidation sites excluding steroid dienone is 4. The number of ether oxygens (including phenoxy) is 2. The van der Waals surface area contributed by atoms with Gasteiger partial charge in [-0.15, -0.1) is 0 Å². The molecule has 1 aromatic rings. The van der Waals surface area contributed by atoms with Crippen LogP contribution < -0.4 is 4.74 Å². The van der Waals surface area contributed by atoms with Crippen LogP contribution in [0.25, 0.3) is 5.57 Å². The molecule has 0 fully saturated rings. The number of nitrogens with zero attached hydrogens (tertiary/aromatic N) is 3. The number of carbonyl (C=O) groups is 1. The summed E-state index contributed by atoms with van der Waals surface area (Å²) in [5, 5.41) is 9.19. The third-order valence-corrected chi connectivity index (χ3v) is 3.84. The highest BCUT2D eigenvalue weighted by Crippen LogP contribution is 2.35. The highest BCUT2D eigenvalue weighted by Gasteiger charge is 2.17. The van der Waals surface area contributed by atoms with E-state index in [1.54, 1.807) is 30.8 Å². The number of carboxylic acid groups (broad SMARTS) is 1. The minimum atomic E-state index is -1.22. The highest BCUT2D eigenvalue weighted by atomic mass is 16.5. The van der Waals surface area contributed by atoms with Crippen molar-refractivity contribution in [1.29, 1.82) is 0 Å². The molecule has 0 saturated heterocycles. The predicted molar refractivity (Wildman–Crippen MR) is 98.0 cm³/mol. The fourth-order valence-corrected chi connectivity index (χ4v) is 2.57. The van der Waals surface area contributed by atoms with Gasteiger partial charge in [-0.05, 0) is 30.4 Å². The normalized spacial score (nSPS) is 20.2. The molecule has 0 spiro atoms. The van der Waals surface area contributed by atoms with Crippen LogP contribution in [0.4, 0.5) is 5.69 Å². The van der Waals surface area contributed by atoms with Gasteiger partial charge in [-0.2, -0.15) is 0 Å². The van der Waals surface area contributed by atoms with Crippen molar-refractivity contribution in [2.24, 2.45) is 15.0 Å². The van der Waals surface area contributed by atoms with Crippen molar-refractivity contribution < 1.29 is 19.4 Å². The molecule has 2 bridgehead atoms. The summed E-state index contributed by atoms with van der Waals surface area (Å²) in [6.07, 6.45) is 11.1. The van der Waals surface area contributed by atoms with Crippen LogP contribution in [0.15, 0.2) is 75.8 Å². The maximum Gasteiger partial charge on any atom is 0.350 e. The SMILES string of the molecule is O=C(O)C1C=NC=C2C=CN=C2C=C2C=Nc3ccc(cc32)OC=CO1. The molecule has 0 aromatic heterocycles. The van der Waals surface area contributed by atoms with Crippen molar-refractivity contribution in [3.63, 3.8) is 0 Å². The molecule has 0 saturated carbocycles. The first-order chi connectivity index (χ1) is 12.7. The van der Waals surface area contributed by atoms with Gasteiger partial charge in [0.15, 0.2) is 0 Å². The first-order valence-corrected chi connectivity index (χ1v) is 7.79. The Labute approximate surface area is 148 Å². The first-order valence-electron chi connectivity index (χ1n) is 7.79. The monoisotopic (exact) mass is 347 g/mol. The largest absolute Gasteiger partial charge is 0.478 e. The molecular formula is C19H13N3O4. The van der Waals surface area contributed by atoms with Crippen molar-refractivity contribution in [3.05, 3.63) is 66.4 Å². The third-order valence-electron chi connectivity index (χ3n) is 3.84. The summed E-state index contributed by atoms with van der Waals surface area (Å²) >= 11 is 0. The Bertz CT molecular complexity index is 980. The minimum Gasteiger partial charge on any atom is -0.478 e. The lowest BCUT2D eigenvalue weighted by Gasteiger charge is -2.06. The summed E-state index contributed by atoms with van der Waals surface area (Å²) in [6.45, 7) is 0. The summed E-state index contributed by atoms with van der Waals surface area (Å²) in [6, 6.07) is 5.48. The average molecular weight is 347 g/mol. The molecule has 4 rings (SSSR count). The zero-order chi connectivity index (χ0) is 17.9. The number of hydrogen-bond acceptors (Lipinski definition) is 6. The minimum absolute atomic E-state index is 0.581. The van der Waals surface area contributed by atoms with Crippen LogP contribution in [0.5, 0.6) is 5.75 Å². The van der Waals surface area contributed by atoms with Gasteiger partial charge in [0.25, 0.3) is 0 Å². The topological polar surface area (TPSA) is 92.8 Å². The van der Waals surface area contributed by atoms with Gasteiger partial charge in [-0.25, -0.2) is 4.79 Å². The number of fused-ring (bicyclic) bond motifs is 2. The molecule has 1 aromatic carbocycles. The van der Waals surface area contributed by atoms with Crippen LogP contribution in [0.2, 0.25) is 0 Å². The zero-order valence-electron chi connectivity index (χ0n) is 13.4. The van der Waals surface area contributed by atoms with Gasteiger partial charge in [-0.1, -0.05) is 0 Å². The quantitative estimate of drug-likeness (QED) is 0.845. The van der Waals surface area contributed by atoms with E-state index in [-0.39, 0.29) is 0 Å². The van der Waals surface area contributed by atoms with Crippen molar-refractivity contribution in [1.82, 2.24) is 0 Å². The predicted octanol–water partition coefficient (Wildman–Crippen LogP) is 3.04. The van der Waals surface area contributed by atoms with Gasteiger partial charge < -0.3 is 14.6 Å². The molecule has 1 unspecified atom stereocenters. The summed E-state index contributed by atoms with van der Waals surface area (Å²) in [4.78, 5) is 24.0. The molecule has 3 aliphatic rings. The van der Waals surface area contributed by atoms with E-state index in [1.807, 2.05) is 18.2 Å². The summed E-state index contributed by atoms with van der Waals surface area (Å²) < 4.78 is 10.6. The molecule has 0 amide bonds. The molecule has 128 valence electrons. The van der Waals surface area contributed by atoms with Gasteiger partial charge >= 0.3 is 5.97 Å². The van der Waals surface area contributed by atoms with E-state index in [1.165, 1.54) is 18.7 Å². The lowest BCUT2D eigenvalue weighted by Crippen LogP contribution is -2.23. The Hall–Kier alpha value is -3.74. The van der Waals surface area contributed by atoms with Crippen molar-refractivity contribution >= 4 is 35.4 Å². The van der Waals surface area contributed by atoms with E-state index < -0.39 is 12.1 Å². The van der Waals surface area contributed by atoms with Crippen LogP contribution >= 0.6 is 0 Å². The van der Waals surface area contributed by atoms with Gasteiger partial charge in [0.2, 0.25) is 6.10 Å². The van der Waals surface area contributed by atoms with Crippen LogP contribution in [0.1, 0.15) is 5.56 Å². The van der Waals surface area contributed by atoms with E-state index in [4.69, 9.17) is 9.47 Å². The van der Waals surface area contributed by atoms with Gasteiger partial charge in [-0.3, -0.25) is 15.0 Å². The third kappa shape index (κ3) is 3.10. The van der Waals surface area contributed by atoms with Crippen LogP contribution in [0, 0.1) is 0 Å². The van der Waals surface area contributed by atoms with Gasteiger partial charge in [0.05, 0.1) is 17.6 Å². The van der Waals surface area contributed by atoms with Crippen molar-refractivity contribution in [3.8, 4) is 5.75 Å². The summed E-state index contributed by atoms with van der Waals surface area (Å²) in [5.74, 6) is -0.575. The first kappa shape index (κ1) is 15.8. The maximum absolute atomic E-state index is 11.2. The second-order valence-corrected chi connectivity index (χ2v) is 5.53. The fraction of sp³-hybridized carbons (Fsp3) is 0.0526. The molecule has 26 heavy (non-hydrogen) atoms. The Kier molecular flexibility index (Phi) is 4.03. The van der Waals surface area contributed by atoms with Crippen LogP contribution in [-0.2, 0) is 9.53 Å². The summed E-state index contributed by atoms with van der Waals surface area (Å²) in [5.41, 5.74) is 4.14.